The van der Waals surface area contributed by atoms with Crippen LogP contribution in [0.1, 0.15) is 42.3 Å². The standard InChI is InChI=1S/C26H28N2O5/c1-17(2)33-25-11-10-19(7-6-12-32-18(3)30)13-23(25)26(31)28-21(16-29)14-20-15-27-24-9-5-4-8-22(20)24/h4-5,8-11,13,15,17,21,27,29H,12,14,16H2,1-3H3,(H,28,31). The lowest BCUT2D eigenvalue weighted by molar-refractivity contribution is -0.139. The largest absolute Gasteiger partial charge is 0.490 e. The fourth-order valence-electron chi connectivity index (χ4n) is 3.41. The van der Waals surface area contributed by atoms with E-state index >= 15 is 0 Å². The number of hydrogen-bond acceptors (Lipinski definition) is 5. The van der Waals surface area contributed by atoms with Gasteiger partial charge in [-0.2, -0.15) is 0 Å². The van der Waals surface area contributed by atoms with Crippen LogP contribution in [0, 0.1) is 11.8 Å². The highest BCUT2D eigenvalue weighted by Crippen LogP contribution is 2.23. The molecule has 7 nitrogen and oxygen atoms in total. The Morgan fingerprint density at radius 1 is 1.18 bits per heavy atom. The first kappa shape index (κ1) is 23.9. The second kappa shape index (κ2) is 11.2. The summed E-state index contributed by atoms with van der Waals surface area (Å²) in [6.07, 6.45) is 2.23. The summed E-state index contributed by atoms with van der Waals surface area (Å²) >= 11 is 0. The molecular weight excluding hydrogens is 420 g/mol. The number of aromatic amines is 1. The molecule has 0 fully saturated rings. The quantitative estimate of drug-likeness (QED) is 0.363. The number of aliphatic hydroxyl groups excluding tert-OH is 1. The topological polar surface area (TPSA) is 101 Å². The van der Waals surface area contributed by atoms with Gasteiger partial charge < -0.3 is 24.9 Å². The highest BCUT2D eigenvalue weighted by molar-refractivity contribution is 5.97. The molecule has 1 heterocycles. The zero-order valence-corrected chi connectivity index (χ0v) is 19.0. The molecule has 172 valence electrons. The van der Waals surface area contributed by atoms with Gasteiger partial charge in [-0.25, -0.2) is 0 Å². The van der Waals surface area contributed by atoms with Gasteiger partial charge in [0, 0.05) is 29.6 Å². The van der Waals surface area contributed by atoms with Gasteiger partial charge in [-0.05, 0) is 50.1 Å². The summed E-state index contributed by atoms with van der Waals surface area (Å²) in [5.41, 5.74) is 2.91. The molecule has 2 aromatic carbocycles. The number of para-hydroxylation sites is 1. The smallest absolute Gasteiger partial charge is 0.303 e. The van der Waals surface area contributed by atoms with Crippen molar-refractivity contribution in [3.63, 3.8) is 0 Å². The van der Waals surface area contributed by atoms with E-state index < -0.39 is 12.0 Å². The molecule has 3 rings (SSSR count). The van der Waals surface area contributed by atoms with Crippen LogP contribution in [0.15, 0.2) is 48.7 Å². The molecule has 0 aliphatic heterocycles. The summed E-state index contributed by atoms with van der Waals surface area (Å²) in [5, 5.41) is 13.9. The lowest BCUT2D eigenvalue weighted by atomic mass is 10.0. The van der Waals surface area contributed by atoms with E-state index in [9.17, 15) is 14.7 Å². The summed E-state index contributed by atoms with van der Waals surface area (Å²) in [5.74, 6) is 5.29. The number of hydrogen-bond donors (Lipinski definition) is 3. The number of H-pyrrole nitrogens is 1. The highest BCUT2D eigenvalue weighted by atomic mass is 16.5. The average Bonchev–Trinajstić information content (AvgIpc) is 3.19. The van der Waals surface area contributed by atoms with Crippen LogP contribution in [0.25, 0.3) is 10.9 Å². The van der Waals surface area contributed by atoms with Crippen molar-refractivity contribution in [2.45, 2.75) is 39.3 Å². The minimum atomic E-state index is -0.484. The summed E-state index contributed by atoms with van der Waals surface area (Å²) in [4.78, 5) is 27.2. The molecule has 3 N–H and O–H groups in total. The Morgan fingerprint density at radius 3 is 2.70 bits per heavy atom. The predicted octanol–water partition coefficient (Wildman–Crippen LogP) is 3.20. The zero-order valence-electron chi connectivity index (χ0n) is 19.0. The molecule has 0 radical (unpaired) electrons. The van der Waals surface area contributed by atoms with E-state index in [0.29, 0.717) is 23.3 Å². The van der Waals surface area contributed by atoms with Gasteiger partial charge in [0.25, 0.3) is 5.91 Å². The lowest BCUT2D eigenvalue weighted by Crippen LogP contribution is -2.39. The van der Waals surface area contributed by atoms with Crippen molar-refractivity contribution in [2.75, 3.05) is 13.2 Å². The molecule has 0 aliphatic carbocycles. The van der Waals surface area contributed by atoms with Gasteiger partial charge in [0.1, 0.15) is 5.75 Å². The maximum absolute atomic E-state index is 13.2. The Kier molecular flexibility index (Phi) is 8.11. The molecule has 0 aliphatic rings. The molecule has 33 heavy (non-hydrogen) atoms. The van der Waals surface area contributed by atoms with Crippen LogP contribution in [0.2, 0.25) is 0 Å². The molecule has 7 heteroatoms. The van der Waals surface area contributed by atoms with Gasteiger partial charge in [0.05, 0.1) is 24.3 Å². The molecule has 1 unspecified atom stereocenters. The van der Waals surface area contributed by atoms with Gasteiger partial charge in [0.15, 0.2) is 6.61 Å². The van der Waals surface area contributed by atoms with Crippen LogP contribution in [0.4, 0.5) is 0 Å². The summed E-state index contributed by atoms with van der Waals surface area (Å²) in [6, 6.07) is 12.5. The van der Waals surface area contributed by atoms with Crippen LogP contribution < -0.4 is 10.1 Å². The third kappa shape index (κ3) is 6.61. The first-order valence-electron chi connectivity index (χ1n) is 10.8. The minimum absolute atomic E-state index is 0.0294. The van der Waals surface area contributed by atoms with E-state index in [1.54, 1.807) is 18.2 Å². The molecule has 0 spiro atoms. The Bertz CT molecular complexity index is 1190. The molecule has 0 saturated heterocycles. The van der Waals surface area contributed by atoms with E-state index in [4.69, 9.17) is 9.47 Å². The molecule has 1 amide bonds. The summed E-state index contributed by atoms with van der Waals surface area (Å²) in [6.45, 7) is 4.83. The monoisotopic (exact) mass is 448 g/mol. The number of carbonyl (C=O) groups is 2. The predicted molar refractivity (Wildman–Crippen MR) is 126 cm³/mol. The number of fused-ring (bicyclic) bond motifs is 1. The fourth-order valence-corrected chi connectivity index (χ4v) is 3.41. The lowest BCUT2D eigenvalue weighted by Gasteiger charge is -2.19. The molecule has 0 saturated carbocycles. The number of ether oxygens (including phenoxy) is 2. The van der Waals surface area contributed by atoms with Crippen molar-refractivity contribution >= 4 is 22.8 Å². The highest BCUT2D eigenvalue weighted by Gasteiger charge is 2.19. The van der Waals surface area contributed by atoms with Crippen LogP contribution in [0.5, 0.6) is 5.75 Å². The third-order valence-corrected chi connectivity index (χ3v) is 4.86. The second-order valence-electron chi connectivity index (χ2n) is 7.88. The number of aliphatic hydroxyl groups is 1. The van der Waals surface area contributed by atoms with Crippen LogP contribution in [0.3, 0.4) is 0 Å². The SMILES string of the molecule is CC(=O)OCC#Cc1ccc(OC(C)C)c(C(=O)NC(CO)Cc2c[nH]c3ccccc23)c1. The van der Waals surface area contributed by atoms with E-state index in [0.717, 1.165) is 16.5 Å². The van der Waals surface area contributed by atoms with Gasteiger partial charge in [-0.15, -0.1) is 0 Å². The van der Waals surface area contributed by atoms with Crippen molar-refractivity contribution in [3.8, 4) is 17.6 Å². The van der Waals surface area contributed by atoms with E-state index in [1.807, 2.05) is 44.3 Å². The first-order valence-corrected chi connectivity index (χ1v) is 10.8. The molecule has 1 aromatic heterocycles. The Balaban J connectivity index is 1.80. The van der Waals surface area contributed by atoms with Crippen molar-refractivity contribution in [2.24, 2.45) is 0 Å². The summed E-state index contributed by atoms with van der Waals surface area (Å²) in [7, 11) is 0. The average molecular weight is 449 g/mol. The molecule has 0 bridgehead atoms. The number of esters is 1. The second-order valence-corrected chi connectivity index (χ2v) is 7.88. The summed E-state index contributed by atoms with van der Waals surface area (Å²) < 4.78 is 10.6. The van der Waals surface area contributed by atoms with Crippen molar-refractivity contribution in [1.82, 2.24) is 10.3 Å². The number of rotatable bonds is 8. The van der Waals surface area contributed by atoms with E-state index in [1.165, 1.54) is 6.92 Å². The first-order chi connectivity index (χ1) is 15.9. The Morgan fingerprint density at radius 2 is 1.97 bits per heavy atom. The van der Waals surface area contributed by atoms with Crippen LogP contribution >= 0.6 is 0 Å². The number of carbonyl (C=O) groups excluding carboxylic acids is 2. The van der Waals surface area contributed by atoms with Gasteiger partial charge in [-0.3, -0.25) is 9.59 Å². The maximum atomic E-state index is 13.2. The maximum Gasteiger partial charge on any atom is 0.303 e. The number of nitrogens with one attached hydrogen (secondary N) is 2. The van der Waals surface area contributed by atoms with Gasteiger partial charge >= 0.3 is 5.97 Å². The Hall–Kier alpha value is -3.76. The van der Waals surface area contributed by atoms with Crippen molar-refractivity contribution in [1.29, 1.82) is 0 Å². The van der Waals surface area contributed by atoms with Crippen LogP contribution in [-0.2, 0) is 16.0 Å². The Labute approximate surface area is 193 Å². The van der Waals surface area contributed by atoms with E-state index in [-0.39, 0.29) is 25.2 Å². The fraction of sp³-hybridized carbons (Fsp3) is 0.308. The van der Waals surface area contributed by atoms with Crippen molar-refractivity contribution < 1.29 is 24.2 Å². The number of amides is 1. The van der Waals surface area contributed by atoms with E-state index in [2.05, 4.69) is 22.1 Å². The normalized spacial score (nSPS) is 11.5. The molecule has 3 aromatic rings. The molecular formula is C26H28N2O5. The minimum Gasteiger partial charge on any atom is -0.490 e. The van der Waals surface area contributed by atoms with Crippen molar-refractivity contribution in [3.05, 3.63) is 65.4 Å². The molecule has 1 atom stereocenters. The van der Waals surface area contributed by atoms with Gasteiger partial charge in [0.2, 0.25) is 0 Å². The number of benzene rings is 2. The van der Waals surface area contributed by atoms with Crippen LogP contribution in [-0.4, -0.2) is 47.3 Å². The third-order valence-electron chi connectivity index (χ3n) is 4.86. The number of aromatic nitrogens is 1. The van der Waals surface area contributed by atoms with Gasteiger partial charge in [-0.1, -0.05) is 30.0 Å². The zero-order chi connectivity index (χ0) is 23.8.